The highest BCUT2D eigenvalue weighted by molar-refractivity contribution is 5.84. The van der Waals surface area contributed by atoms with Crippen molar-refractivity contribution in [1.82, 2.24) is 15.2 Å². The van der Waals surface area contributed by atoms with E-state index in [1.165, 1.54) is 5.56 Å². The second kappa shape index (κ2) is 9.59. The zero-order valence-electron chi connectivity index (χ0n) is 17.6. The second-order valence-electron chi connectivity index (χ2n) is 8.19. The van der Waals surface area contributed by atoms with Crippen molar-refractivity contribution >= 4 is 5.91 Å². The molecule has 1 aliphatic heterocycles. The maximum absolute atomic E-state index is 13.3. The Labute approximate surface area is 184 Å². The van der Waals surface area contributed by atoms with Crippen LogP contribution in [0.3, 0.4) is 0 Å². The molecule has 1 atom stereocenters. The van der Waals surface area contributed by atoms with Gasteiger partial charge in [0.25, 0.3) is 0 Å². The van der Waals surface area contributed by atoms with Crippen LogP contribution in [0.1, 0.15) is 17.5 Å². The Morgan fingerprint density at radius 2 is 1.90 bits per heavy atom. The Morgan fingerprint density at radius 3 is 2.68 bits per heavy atom. The number of nitrogens with zero attached hydrogens (tertiary/aromatic N) is 2. The van der Waals surface area contributed by atoms with Crippen LogP contribution >= 0.6 is 0 Å². The summed E-state index contributed by atoms with van der Waals surface area (Å²) in [7, 11) is 0. The lowest BCUT2D eigenvalue weighted by Gasteiger charge is -2.29. The zero-order valence-corrected chi connectivity index (χ0v) is 17.6. The molecule has 1 amide bonds. The minimum atomic E-state index is -0.510. The molecule has 2 aromatic carbocycles. The van der Waals surface area contributed by atoms with Crippen LogP contribution in [-0.4, -0.2) is 35.4 Å². The maximum Gasteiger partial charge on any atom is 0.228 e. The average Bonchev–Trinajstić information content (AvgIpc) is 3.22. The van der Waals surface area contributed by atoms with E-state index < -0.39 is 5.41 Å². The summed E-state index contributed by atoms with van der Waals surface area (Å²) in [5, 5.41) is 2.96. The summed E-state index contributed by atoms with van der Waals surface area (Å²) in [6.45, 7) is 2.69. The Balaban J connectivity index is 1.61. The third kappa shape index (κ3) is 4.84. The Morgan fingerprint density at radius 1 is 1.10 bits per heavy atom. The summed E-state index contributed by atoms with van der Waals surface area (Å²) in [5.74, 6) is 2.58. The number of hydrogen-bond donors (Lipinski definition) is 1. The van der Waals surface area contributed by atoms with Crippen molar-refractivity contribution in [1.29, 1.82) is 0 Å². The highest BCUT2D eigenvalue weighted by Gasteiger charge is 2.44. The van der Waals surface area contributed by atoms with Crippen LogP contribution in [0.15, 0.2) is 79.1 Å². The van der Waals surface area contributed by atoms with E-state index in [-0.39, 0.29) is 12.5 Å². The van der Waals surface area contributed by atoms with Crippen LogP contribution in [0.5, 0.6) is 0 Å². The molecule has 31 heavy (non-hydrogen) atoms. The molecule has 0 saturated carbocycles. The van der Waals surface area contributed by atoms with Crippen molar-refractivity contribution in [3.05, 3.63) is 90.3 Å². The number of nitrogens with one attached hydrogen (secondary N) is 1. The van der Waals surface area contributed by atoms with Gasteiger partial charge in [0.1, 0.15) is 0 Å². The number of carbonyl (C=O) groups excluding carboxylic acids is 1. The minimum absolute atomic E-state index is 0.0435. The highest BCUT2D eigenvalue weighted by atomic mass is 16.2. The fourth-order valence-electron chi connectivity index (χ4n) is 4.51. The van der Waals surface area contributed by atoms with Crippen LogP contribution < -0.4 is 5.32 Å². The quantitative estimate of drug-likeness (QED) is 0.602. The van der Waals surface area contributed by atoms with Gasteiger partial charge in [-0.2, -0.15) is 0 Å². The molecule has 1 saturated heterocycles. The number of aromatic nitrogens is 1. The van der Waals surface area contributed by atoms with Crippen LogP contribution in [0.2, 0.25) is 0 Å². The van der Waals surface area contributed by atoms with E-state index in [4.69, 9.17) is 6.42 Å². The number of likely N-dealkylation sites (tertiary alicyclic amines) is 1. The number of carbonyl (C=O) groups is 1. The van der Waals surface area contributed by atoms with Crippen molar-refractivity contribution < 1.29 is 4.79 Å². The third-order valence-corrected chi connectivity index (χ3v) is 6.03. The van der Waals surface area contributed by atoms with E-state index in [9.17, 15) is 4.79 Å². The molecule has 3 aromatic rings. The van der Waals surface area contributed by atoms with Gasteiger partial charge in [0.05, 0.1) is 12.0 Å². The fourth-order valence-corrected chi connectivity index (χ4v) is 4.51. The monoisotopic (exact) mass is 409 g/mol. The van der Waals surface area contributed by atoms with Crippen molar-refractivity contribution in [3.8, 4) is 23.5 Å². The largest absolute Gasteiger partial charge is 0.345 e. The Hall–Kier alpha value is -3.42. The first-order valence-electron chi connectivity index (χ1n) is 10.7. The van der Waals surface area contributed by atoms with Gasteiger partial charge >= 0.3 is 0 Å². The number of amides is 1. The average molecular weight is 410 g/mol. The molecule has 4 nitrogen and oxygen atoms in total. The number of terminal acetylenes is 1. The first-order chi connectivity index (χ1) is 15.2. The van der Waals surface area contributed by atoms with Crippen LogP contribution in [0.4, 0.5) is 0 Å². The lowest BCUT2D eigenvalue weighted by molar-refractivity contribution is -0.130. The molecule has 156 valence electrons. The molecule has 4 heteroatoms. The van der Waals surface area contributed by atoms with Crippen LogP contribution in [-0.2, 0) is 17.8 Å². The van der Waals surface area contributed by atoms with Gasteiger partial charge < -0.3 is 5.32 Å². The van der Waals surface area contributed by atoms with Gasteiger partial charge in [-0.3, -0.25) is 14.7 Å². The Bertz CT molecular complexity index is 1060. The molecule has 2 heterocycles. The van der Waals surface area contributed by atoms with Gasteiger partial charge in [-0.15, -0.1) is 6.42 Å². The summed E-state index contributed by atoms with van der Waals surface area (Å²) in [6.07, 6.45) is 10.5. The predicted octanol–water partition coefficient (Wildman–Crippen LogP) is 3.93. The molecule has 1 aliphatic rings. The summed E-state index contributed by atoms with van der Waals surface area (Å²) in [4.78, 5) is 20.0. The first-order valence-corrected chi connectivity index (χ1v) is 10.7. The molecular formula is C27H27N3O. The normalized spacial score (nSPS) is 18.4. The minimum Gasteiger partial charge on any atom is -0.345 e. The zero-order chi connectivity index (χ0) is 21.5. The molecule has 1 unspecified atom stereocenters. The van der Waals surface area contributed by atoms with Crippen molar-refractivity contribution in [2.45, 2.75) is 19.4 Å². The molecule has 4 rings (SSSR count). The van der Waals surface area contributed by atoms with Gasteiger partial charge in [0.15, 0.2) is 0 Å². The lowest BCUT2D eigenvalue weighted by Crippen LogP contribution is -2.44. The Kier molecular flexibility index (Phi) is 6.45. The number of rotatable bonds is 7. The molecule has 0 bridgehead atoms. The fraction of sp³-hybridized carbons (Fsp3) is 0.259. The smallest absolute Gasteiger partial charge is 0.228 e. The van der Waals surface area contributed by atoms with Gasteiger partial charge in [-0.05, 0) is 42.1 Å². The third-order valence-electron chi connectivity index (χ3n) is 6.03. The van der Waals surface area contributed by atoms with E-state index in [1.807, 2.05) is 30.5 Å². The lowest BCUT2D eigenvalue weighted by atomic mass is 9.78. The summed E-state index contributed by atoms with van der Waals surface area (Å²) >= 11 is 0. The SMILES string of the molecule is C#CCNC(=O)C1(Cc2ccccc2-c2cccnc2)CCN(Cc2ccccc2)C1. The van der Waals surface area contributed by atoms with Crippen molar-refractivity contribution in [3.63, 3.8) is 0 Å². The summed E-state index contributed by atoms with van der Waals surface area (Å²) in [6, 6.07) is 22.7. The van der Waals surface area contributed by atoms with Crippen molar-refractivity contribution in [2.75, 3.05) is 19.6 Å². The number of pyridine rings is 1. The summed E-state index contributed by atoms with van der Waals surface area (Å²) < 4.78 is 0. The molecule has 0 aliphatic carbocycles. The van der Waals surface area contributed by atoms with E-state index in [0.717, 1.165) is 36.2 Å². The molecule has 0 spiro atoms. The number of hydrogen-bond acceptors (Lipinski definition) is 3. The van der Waals surface area contributed by atoms with Gasteiger partial charge in [0, 0.05) is 31.0 Å². The van der Waals surface area contributed by atoms with Gasteiger partial charge in [-0.1, -0.05) is 66.6 Å². The highest BCUT2D eigenvalue weighted by Crippen LogP contribution is 2.38. The number of benzene rings is 2. The standard InChI is InChI=1S/C27H27N3O/c1-2-15-29-26(31)27(14-17-30(21-27)20-22-9-4-3-5-10-22)18-23-11-6-7-13-25(23)24-12-8-16-28-19-24/h1,3-13,16,19H,14-15,17-18,20-21H2,(H,29,31). The van der Waals surface area contributed by atoms with E-state index >= 15 is 0 Å². The topological polar surface area (TPSA) is 45.2 Å². The van der Waals surface area contributed by atoms with Gasteiger partial charge in [-0.25, -0.2) is 0 Å². The van der Waals surface area contributed by atoms with Crippen LogP contribution in [0, 0.1) is 17.8 Å². The summed E-state index contributed by atoms with van der Waals surface area (Å²) in [5.41, 5.74) is 4.10. The first kappa shape index (κ1) is 20.8. The van der Waals surface area contributed by atoms with E-state index in [0.29, 0.717) is 13.0 Å². The molecule has 1 fully saturated rings. The molecule has 0 radical (unpaired) electrons. The van der Waals surface area contributed by atoms with E-state index in [1.54, 1.807) is 6.20 Å². The molecule has 1 aromatic heterocycles. The molecular weight excluding hydrogens is 382 g/mol. The van der Waals surface area contributed by atoms with Crippen LogP contribution in [0.25, 0.3) is 11.1 Å². The second-order valence-corrected chi connectivity index (χ2v) is 8.19. The molecule has 1 N–H and O–H groups in total. The van der Waals surface area contributed by atoms with Gasteiger partial charge in [0.2, 0.25) is 5.91 Å². The maximum atomic E-state index is 13.3. The van der Waals surface area contributed by atoms with E-state index in [2.05, 4.69) is 63.6 Å². The predicted molar refractivity (Wildman–Crippen MR) is 124 cm³/mol. The van der Waals surface area contributed by atoms with Crippen molar-refractivity contribution in [2.24, 2.45) is 5.41 Å².